The van der Waals surface area contributed by atoms with Crippen LogP contribution in [0.1, 0.15) is 55.1 Å². The van der Waals surface area contributed by atoms with E-state index in [0.717, 1.165) is 30.6 Å². The number of methoxy groups -OCH3 is 1. The Morgan fingerprint density at radius 1 is 1.28 bits per heavy atom. The summed E-state index contributed by atoms with van der Waals surface area (Å²) in [6.07, 6.45) is 8.01. The van der Waals surface area contributed by atoms with Crippen LogP contribution in [0.15, 0.2) is 18.3 Å². The molecular weight excluding hydrogens is 314 g/mol. The van der Waals surface area contributed by atoms with E-state index in [1.54, 1.807) is 6.20 Å². The Bertz CT molecular complexity index is 648. The molecule has 1 aromatic heterocycles. The Kier molecular flexibility index (Phi) is 4.32. The van der Waals surface area contributed by atoms with Crippen LogP contribution < -0.4 is 5.73 Å². The average Bonchev–Trinajstić information content (AvgIpc) is 2.59. The zero-order chi connectivity index (χ0) is 17.6. The summed E-state index contributed by atoms with van der Waals surface area (Å²) in [5, 5.41) is 0. The van der Waals surface area contributed by atoms with Crippen molar-refractivity contribution in [3.05, 3.63) is 29.6 Å². The minimum Gasteiger partial charge on any atom is -0.373 e. The molecule has 2 saturated carbocycles. The average molecular weight is 343 g/mol. The Morgan fingerprint density at radius 3 is 2.52 bits per heavy atom. The second kappa shape index (κ2) is 6.36. The van der Waals surface area contributed by atoms with Crippen LogP contribution >= 0.6 is 0 Å². The van der Waals surface area contributed by atoms with Crippen molar-refractivity contribution in [3.63, 3.8) is 0 Å². The first-order chi connectivity index (χ1) is 12.1. The Labute approximate surface area is 149 Å². The van der Waals surface area contributed by atoms with Crippen LogP contribution in [-0.2, 0) is 10.3 Å². The van der Waals surface area contributed by atoms with Gasteiger partial charge in [0, 0.05) is 44.3 Å². The van der Waals surface area contributed by atoms with Crippen LogP contribution in [0.2, 0.25) is 0 Å². The number of rotatable bonds is 4. The van der Waals surface area contributed by atoms with Crippen molar-refractivity contribution in [2.45, 2.75) is 50.7 Å². The van der Waals surface area contributed by atoms with Crippen LogP contribution in [0.4, 0.5) is 0 Å². The molecule has 5 nitrogen and oxygen atoms in total. The van der Waals surface area contributed by atoms with Gasteiger partial charge in [0.2, 0.25) is 0 Å². The highest BCUT2D eigenvalue weighted by atomic mass is 16.5. The number of primary amides is 1. The van der Waals surface area contributed by atoms with Crippen molar-refractivity contribution in [2.75, 3.05) is 20.2 Å². The zero-order valence-corrected chi connectivity index (χ0v) is 15.3. The van der Waals surface area contributed by atoms with Crippen molar-refractivity contribution in [2.24, 2.45) is 23.5 Å². The van der Waals surface area contributed by atoms with Gasteiger partial charge in [-0.15, -0.1) is 0 Å². The molecule has 0 spiro atoms. The lowest BCUT2D eigenvalue weighted by Crippen LogP contribution is -2.62. The number of nitrogens with zero attached hydrogens (tertiary/aromatic N) is 2. The molecule has 3 aliphatic rings. The summed E-state index contributed by atoms with van der Waals surface area (Å²) in [7, 11) is 1.83. The van der Waals surface area contributed by atoms with E-state index in [1.165, 1.54) is 32.1 Å². The topological polar surface area (TPSA) is 68.5 Å². The largest absolute Gasteiger partial charge is 0.373 e. The van der Waals surface area contributed by atoms with Gasteiger partial charge in [0.25, 0.3) is 5.91 Å². The van der Waals surface area contributed by atoms with Crippen LogP contribution in [-0.4, -0.2) is 42.0 Å². The summed E-state index contributed by atoms with van der Waals surface area (Å²) < 4.78 is 6.27. The van der Waals surface area contributed by atoms with E-state index in [2.05, 4.69) is 16.8 Å². The van der Waals surface area contributed by atoms with E-state index in [9.17, 15) is 4.79 Å². The fourth-order valence-corrected chi connectivity index (χ4v) is 5.66. The van der Waals surface area contributed by atoms with E-state index >= 15 is 0 Å². The van der Waals surface area contributed by atoms with Gasteiger partial charge in [-0.1, -0.05) is 13.3 Å². The van der Waals surface area contributed by atoms with Gasteiger partial charge in [0.15, 0.2) is 0 Å². The first kappa shape index (κ1) is 17.0. The summed E-state index contributed by atoms with van der Waals surface area (Å²) >= 11 is 0. The van der Waals surface area contributed by atoms with Crippen molar-refractivity contribution in [1.29, 1.82) is 0 Å². The van der Waals surface area contributed by atoms with Crippen LogP contribution in [0.3, 0.4) is 0 Å². The zero-order valence-electron chi connectivity index (χ0n) is 15.3. The number of ether oxygens (including phenoxy) is 1. The van der Waals surface area contributed by atoms with Crippen molar-refractivity contribution in [3.8, 4) is 0 Å². The first-order valence-corrected chi connectivity index (χ1v) is 9.61. The normalized spacial score (nSPS) is 38.2. The highest BCUT2D eigenvalue weighted by Crippen LogP contribution is 2.52. The van der Waals surface area contributed by atoms with Crippen molar-refractivity contribution >= 4 is 5.91 Å². The third-order valence-corrected chi connectivity index (χ3v) is 7.07. The number of hydrogen-bond donors (Lipinski definition) is 1. The third-order valence-electron chi connectivity index (χ3n) is 7.07. The van der Waals surface area contributed by atoms with E-state index in [-0.39, 0.29) is 5.60 Å². The number of hydrogen-bond acceptors (Lipinski definition) is 4. The maximum absolute atomic E-state index is 11.6. The Morgan fingerprint density at radius 2 is 2.00 bits per heavy atom. The number of aromatic nitrogens is 1. The fraction of sp³-hybridized carbons (Fsp3) is 0.700. The number of piperidine rings is 1. The quantitative estimate of drug-likeness (QED) is 0.912. The molecule has 2 heterocycles. The monoisotopic (exact) mass is 343 g/mol. The second-order valence-corrected chi connectivity index (χ2v) is 8.19. The molecule has 1 unspecified atom stereocenters. The molecule has 1 aromatic rings. The summed E-state index contributed by atoms with van der Waals surface area (Å²) in [6, 6.07) is 4.62. The number of amides is 1. The summed E-state index contributed by atoms with van der Waals surface area (Å²) in [6.45, 7) is 4.56. The maximum Gasteiger partial charge on any atom is 0.267 e. The van der Waals surface area contributed by atoms with Crippen molar-refractivity contribution < 1.29 is 9.53 Å². The molecule has 5 heteroatoms. The number of fused-ring (bicyclic) bond motifs is 2. The molecule has 2 aliphatic carbocycles. The standard InChI is InChI=1S/C20H29N3O2/c1-13-6-7-18(13)23-11-15-4-3-5-16(12-23)20(15,25-2)14-8-9-22-17(10-14)19(21)24/h8-10,13,15-16,18H,3-7,11-12H2,1-2H3,(H2,21,24)/t13-,15-,16+,18-,20?/m1/s1. The van der Waals surface area contributed by atoms with Crippen LogP contribution in [0, 0.1) is 17.8 Å². The van der Waals surface area contributed by atoms with E-state index in [0.29, 0.717) is 17.5 Å². The Balaban J connectivity index is 1.69. The lowest BCUT2D eigenvalue weighted by molar-refractivity contribution is -0.181. The number of carbonyl (C=O) groups is 1. The summed E-state index contributed by atoms with van der Waals surface area (Å²) in [5.74, 6) is 1.26. The number of nitrogens with two attached hydrogens (primary N) is 1. The van der Waals surface area contributed by atoms with E-state index < -0.39 is 5.91 Å². The molecular formula is C20H29N3O2. The molecule has 2 bridgehead atoms. The molecule has 5 atom stereocenters. The van der Waals surface area contributed by atoms with E-state index in [4.69, 9.17) is 10.5 Å². The number of pyridine rings is 1. The molecule has 2 N–H and O–H groups in total. The van der Waals surface area contributed by atoms with Gasteiger partial charge in [0.1, 0.15) is 11.3 Å². The molecule has 1 amide bonds. The molecule has 4 rings (SSSR count). The van der Waals surface area contributed by atoms with Gasteiger partial charge in [-0.2, -0.15) is 0 Å². The molecule has 0 aromatic carbocycles. The molecule has 0 radical (unpaired) electrons. The smallest absolute Gasteiger partial charge is 0.267 e. The van der Waals surface area contributed by atoms with E-state index in [1.807, 2.05) is 19.2 Å². The van der Waals surface area contributed by atoms with Gasteiger partial charge in [-0.3, -0.25) is 14.7 Å². The number of likely N-dealkylation sites (tertiary alicyclic amines) is 1. The first-order valence-electron chi connectivity index (χ1n) is 9.61. The van der Waals surface area contributed by atoms with Gasteiger partial charge in [0.05, 0.1) is 0 Å². The maximum atomic E-state index is 11.6. The lowest BCUT2D eigenvalue weighted by Gasteiger charge is -2.58. The molecule has 1 aliphatic heterocycles. The van der Waals surface area contributed by atoms with Gasteiger partial charge in [-0.25, -0.2) is 0 Å². The van der Waals surface area contributed by atoms with Crippen molar-refractivity contribution in [1.82, 2.24) is 9.88 Å². The molecule has 3 fully saturated rings. The number of carbonyl (C=O) groups excluding carboxylic acids is 1. The predicted molar refractivity (Wildman–Crippen MR) is 96.0 cm³/mol. The SMILES string of the molecule is COC1(c2ccnc(C(N)=O)c2)[C@@H]2CCC[C@H]1CN([C@@H]1CC[C@H]1C)C2. The summed E-state index contributed by atoms with van der Waals surface area (Å²) in [5.41, 5.74) is 6.57. The highest BCUT2D eigenvalue weighted by Gasteiger charge is 2.54. The van der Waals surface area contributed by atoms with Crippen LogP contribution in [0.25, 0.3) is 0 Å². The minimum atomic E-state index is -0.473. The fourth-order valence-electron chi connectivity index (χ4n) is 5.66. The predicted octanol–water partition coefficient (Wildman–Crippen LogP) is 2.55. The summed E-state index contributed by atoms with van der Waals surface area (Å²) in [4.78, 5) is 18.5. The van der Waals surface area contributed by atoms with Gasteiger partial charge >= 0.3 is 0 Å². The van der Waals surface area contributed by atoms with Gasteiger partial charge < -0.3 is 10.5 Å². The van der Waals surface area contributed by atoms with Crippen LogP contribution in [0.5, 0.6) is 0 Å². The third kappa shape index (κ3) is 2.59. The Hall–Kier alpha value is -1.46. The highest BCUT2D eigenvalue weighted by molar-refractivity contribution is 5.90. The minimum absolute atomic E-state index is 0.311. The second-order valence-electron chi connectivity index (χ2n) is 8.19. The molecule has 1 saturated heterocycles. The lowest BCUT2D eigenvalue weighted by atomic mass is 9.61. The van der Waals surface area contributed by atoms with Gasteiger partial charge in [-0.05, 0) is 49.3 Å². The molecule has 136 valence electrons. The molecule has 25 heavy (non-hydrogen) atoms.